The summed E-state index contributed by atoms with van der Waals surface area (Å²) < 4.78 is 9.49. The van der Waals surface area contributed by atoms with Crippen LogP contribution in [0.4, 0.5) is 11.6 Å². The van der Waals surface area contributed by atoms with Crippen LogP contribution in [0.25, 0.3) is 16.8 Å². The molecule has 0 saturated carbocycles. The zero-order chi connectivity index (χ0) is 21.2. The standard InChI is InChI=1S/C23H25N7O/c1-29-21(8-11-25-29)26-20-13-17(7-10-24-20)18-9-12-30-22(14-18)27-28-23(30)15-19(31-2)6-5-16-3-4-16/h3-4,7-14,16,19H,5-6,15H2,1-2H3,(H,24,26)/t19-/m0/s1. The van der Waals surface area contributed by atoms with Crippen LogP contribution in [0.1, 0.15) is 18.7 Å². The number of pyridine rings is 2. The van der Waals surface area contributed by atoms with E-state index in [1.54, 1.807) is 24.2 Å². The maximum atomic E-state index is 5.68. The molecule has 4 heterocycles. The van der Waals surface area contributed by atoms with E-state index in [1.165, 1.54) is 0 Å². The minimum Gasteiger partial charge on any atom is -0.381 e. The minimum absolute atomic E-state index is 0.148. The smallest absolute Gasteiger partial charge is 0.161 e. The summed E-state index contributed by atoms with van der Waals surface area (Å²) in [4.78, 5) is 4.42. The van der Waals surface area contributed by atoms with Gasteiger partial charge < -0.3 is 10.1 Å². The lowest BCUT2D eigenvalue weighted by atomic mass is 10.1. The molecule has 1 N–H and O–H groups in total. The number of aryl methyl sites for hydroxylation is 1. The molecule has 8 heteroatoms. The Balaban J connectivity index is 1.34. The first kappa shape index (κ1) is 19.4. The number of anilines is 2. The van der Waals surface area contributed by atoms with Crippen LogP contribution in [0.3, 0.4) is 0 Å². The third-order valence-electron chi connectivity index (χ3n) is 5.68. The van der Waals surface area contributed by atoms with Crippen molar-refractivity contribution in [3.63, 3.8) is 0 Å². The average molecular weight is 416 g/mol. The van der Waals surface area contributed by atoms with Gasteiger partial charge in [0.1, 0.15) is 17.5 Å². The molecule has 1 aliphatic rings. The van der Waals surface area contributed by atoms with Gasteiger partial charge in [-0.3, -0.25) is 9.08 Å². The number of fused-ring (bicyclic) bond motifs is 1. The largest absolute Gasteiger partial charge is 0.381 e. The van der Waals surface area contributed by atoms with Crippen molar-refractivity contribution >= 4 is 17.3 Å². The van der Waals surface area contributed by atoms with Gasteiger partial charge in [-0.15, -0.1) is 10.2 Å². The van der Waals surface area contributed by atoms with Crippen molar-refractivity contribution in [3.05, 3.63) is 66.9 Å². The summed E-state index contributed by atoms with van der Waals surface area (Å²) in [6, 6.07) is 10.1. The van der Waals surface area contributed by atoms with Crippen LogP contribution in [0.2, 0.25) is 0 Å². The summed E-state index contributed by atoms with van der Waals surface area (Å²) >= 11 is 0. The predicted molar refractivity (Wildman–Crippen MR) is 119 cm³/mol. The molecule has 158 valence electrons. The number of methoxy groups -OCH3 is 1. The fraction of sp³-hybridized carbons (Fsp3) is 0.304. The van der Waals surface area contributed by atoms with Gasteiger partial charge in [0, 0.05) is 39.0 Å². The first-order valence-electron chi connectivity index (χ1n) is 10.5. The third-order valence-corrected chi connectivity index (χ3v) is 5.68. The molecule has 31 heavy (non-hydrogen) atoms. The molecule has 5 rings (SSSR count). The second-order valence-electron chi connectivity index (χ2n) is 7.84. The maximum Gasteiger partial charge on any atom is 0.161 e. The number of hydrogen-bond acceptors (Lipinski definition) is 6. The number of aromatic nitrogens is 6. The number of nitrogens with zero attached hydrogens (tertiary/aromatic N) is 6. The second-order valence-corrected chi connectivity index (χ2v) is 7.84. The van der Waals surface area contributed by atoms with E-state index < -0.39 is 0 Å². The highest BCUT2D eigenvalue weighted by Gasteiger charge is 2.18. The molecule has 0 amide bonds. The van der Waals surface area contributed by atoms with Crippen LogP contribution in [0, 0.1) is 5.92 Å². The summed E-state index contributed by atoms with van der Waals surface area (Å²) in [6.45, 7) is 0. The first-order chi connectivity index (χ1) is 15.2. The van der Waals surface area contributed by atoms with Crippen LogP contribution in [-0.4, -0.2) is 42.6 Å². The SMILES string of the molecule is CO[C@@H](CCC1C=C1)Cc1nnc2cc(-c3ccnc(Nc4ccnn4C)c3)ccn12. The van der Waals surface area contributed by atoms with Gasteiger partial charge in [-0.1, -0.05) is 12.2 Å². The summed E-state index contributed by atoms with van der Waals surface area (Å²) in [5.74, 6) is 3.22. The van der Waals surface area contributed by atoms with Crippen LogP contribution in [0.15, 0.2) is 61.1 Å². The van der Waals surface area contributed by atoms with Crippen LogP contribution in [0.5, 0.6) is 0 Å². The van der Waals surface area contributed by atoms with Crippen molar-refractivity contribution in [3.8, 4) is 11.1 Å². The Labute approximate surface area is 180 Å². The normalized spacial score (nSPS) is 14.3. The molecule has 1 atom stereocenters. The van der Waals surface area contributed by atoms with Crippen molar-refractivity contribution in [2.24, 2.45) is 13.0 Å². The molecule has 4 aromatic heterocycles. The Bertz CT molecular complexity index is 1220. The summed E-state index contributed by atoms with van der Waals surface area (Å²) in [5, 5.41) is 16.3. The molecule has 0 aromatic carbocycles. The maximum absolute atomic E-state index is 5.68. The van der Waals surface area contributed by atoms with Crippen molar-refractivity contribution < 1.29 is 4.74 Å². The van der Waals surface area contributed by atoms with E-state index in [9.17, 15) is 0 Å². The number of allylic oxidation sites excluding steroid dienone is 2. The van der Waals surface area contributed by atoms with E-state index in [0.29, 0.717) is 5.92 Å². The van der Waals surface area contributed by atoms with Gasteiger partial charge >= 0.3 is 0 Å². The van der Waals surface area contributed by atoms with Crippen molar-refractivity contribution in [2.75, 3.05) is 12.4 Å². The second kappa shape index (κ2) is 8.31. The predicted octanol–water partition coefficient (Wildman–Crippen LogP) is 3.79. The Kier molecular flexibility index (Phi) is 5.21. The van der Waals surface area contributed by atoms with Crippen molar-refractivity contribution in [2.45, 2.75) is 25.4 Å². The molecule has 4 aromatic rings. The van der Waals surface area contributed by atoms with E-state index in [1.807, 2.05) is 35.8 Å². The van der Waals surface area contributed by atoms with E-state index in [2.05, 4.69) is 49.9 Å². The Hall–Kier alpha value is -3.52. The zero-order valence-corrected chi connectivity index (χ0v) is 17.6. The molecular weight excluding hydrogens is 390 g/mol. The summed E-state index contributed by atoms with van der Waals surface area (Å²) in [5.41, 5.74) is 2.94. The number of nitrogens with one attached hydrogen (secondary N) is 1. The Morgan fingerprint density at radius 3 is 2.74 bits per heavy atom. The van der Waals surface area contributed by atoms with Gasteiger partial charge in [0.2, 0.25) is 0 Å². The molecular formula is C23H25N7O. The quantitative estimate of drug-likeness (QED) is 0.419. The van der Waals surface area contributed by atoms with E-state index in [-0.39, 0.29) is 6.10 Å². The zero-order valence-electron chi connectivity index (χ0n) is 17.6. The fourth-order valence-corrected chi connectivity index (χ4v) is 3.72. The molecule has 0 bridgehead atoms. The highest BCUT2D eigenvalue weighted by Crippen LogP contribution is 2.26. The van der Waals surface area contributed by atoms with E-state index in [4.69, 9.17) is 4.74 Å². The minimum atomic E-state index is 0.148. The number of ether oxygens (including phenoxy) is 1. The molecule has 0 spiro atoms. The van der Waals surface area contributed by atoms with E-state index >= 15 is 0 Å². The van der Waals surface area contributed by atoms with Crippen molar-refractivity contribution in [1.82, 2.24) is 29.4 Å². The monoisotopic (exact) mass is 415 g/mol. The lowest BCUT2D eigenvalue weighted by molar-refractivity contribution is 0.0910. The van der Waals surface area contributed by atoms with Gasteiger partial charge in [0.25, 0.3) is 0 Å². The van der Waals surface area contributed by atoms with Gasteiger partial charge in [0.15, 0.2) is 5.65 Å². The molecule has 0 aliphatic heterocycles. The van der Waals surface area contributed by atoms with Crippen LogP contribution < -0.4 is 5.32 Å². The van der Waals surface area contributed by atoms with Gasteiger partial charge in [-0.2, -0.15) is 5.10 Å². The van der Waals surface area contributed by atoms with Crippen LogP contribution >= 0.6 is 0 Å². The van der Waals surface area contributed by atoms with Gasteiger partial charge in [-0.25, -0.2) is 4.98 Å². The average Bonchev–Trinajstić information content (AvgIpc) is 3.42. The summed E-state index contributed by atoms with van der Waals surface area (Å²) in [6.07, 6.45) is 13.1. The highest BCUT2D eigenvalue weighted by molar-refractivity contribution is 5.70. The molecule has 1 aliphatic carbocycles. The summed E-state index contributed by atoms with van der Waals surface area (Å²) in [7, 11) is 3.66. The highest BCUT2D eigenvalue weighted by atomic mass is 16.5. The molecule has 0 saturated heterocycles. The van der Waals surface area contributed by atoms with E-state index in [0.717, 1.165) is 53.5 Å². The number of rotatable bonds is 9. The molecule has 0 unspecified atom stereocenters. The van der Waals surface area contributed by atoms with Crippen LogP contribution in [-0.2, 0) is 18.2 Å². The number of hydrogen-bond donors (Lipinski definition) is 1. The Morgan fingerprint density at radius 2 is 1.97 bits per heavy atom. The van der Waals surface area contributed by atoms with Crippen molar-refractivity contribution in [1.29, 1.82) is 0 Å². The fourth-order valence-electron chi connectivity index (χ4n) is 3.72. The first-order valence-corrected chi connectivity index (χ1v) is 10.5. The lowest BCUT2D eigenvalue weighted by Gasteiger charge is -2.14. The van der Waals surface area contributed by atoms with Gasteiger partial charge in [0.05, 0.1) is 12.3 Å². The lowest BCUT2D eigenvalue weighted by Crippen LogP contribution is -2.16. The van der Waals surface area contributed by atoms with Gasteiger partial charge in [-0.05, 0) is 54.2 Å². The third kappa shape index (κ3) is 4.34. The Morgan fingerprint density at radius 1 is 1.10 bits per heavy atom. The molecule has 8 nitrogen and oxygen atoms in total. The molecule has 0 radical (unpaired) electrons. The molecule has 0 fully saturated rings. The topological polar surface area (TPSA) is 82.2 Å².